The van der Waals surface area contributed by atoms with E-state index in [-0.39, 0.29) is 19.0 Å². The summed E-state index contributed by atoms with van der Waals surface area (Å²) in [5.41, 5.74) is 0.461. The highest BCUT2D eigenvalue weighted by Gasteiger charge is 2.18. The number of carbonyl (C=O) groups is 2. The van der Waals surface area contributed by atoms with Crippen LogP contribution in [0.4, 0.5) is 0 Å². The van der Waals surface area contributed by atoms with E-state index in [2.05, 4.69) is 6.58 Å². The number of carboxylic acid groups (broad SMARTS) is 1. The van der Waals surface area contributed by atoms with E-state index in [1.54, 1.807) is 29.9 Å². The summed E-state index contributed by atoms with van der Waals surface area (Å²) >= 11 is 0. The van der Waals surface area contributed by atoms with E-state index in [9.17, 15) is 9.59 Å². The van der Waals surface area contributed by atoms with Gasteiger partial charge in [0.15, 0.2) is 0 Å². The summed E-state index contributed by atoms with van der Waals surface area (Å²) in [6.45, 7) is 3.40. The number of aliphatic carboxylic acids is 1. The molecular weight excluding hydrogens is 208 g/mol. The fraction of sp³-hybridized carbons (Fsp3) is 0.273. The number of rotatable bonds is 5. The third kappa shape index (κ3) is 2.73. The van der Waals surface area contributed by atoms with Gasteiger partial charge in [-0.05, 0) is 12.1 Å². The molecule has 0 bridgehead atoms. The average molecular weight is 222 g/mol. The van der Waals surface area contributed by atoms with Crippen LogP contribution in [-0.4, -0.2) is 39.5 Å². The van der Waals surface area contributed by atoms with Crippen LogP contribution in [0.1, 0.15) is 10.5 Å². The van der Waals surface area contributed by atoms with E-state index < -0.39 is 5.97 Å². The zero-order chi connectivity index (χ0) is 12.1. The van der Waals surface area contributed by atoms with Crippen LogP contribution in [0, 0.1) is 0 Å². The van der Waals surface area contributed by atoms with Gasteiger partial charge in [-0.3, -0.25) is 9.59 Å². The monoisotopic (exact) mass is 222 g/mol. The predicted octanol–water partition coefficient (Wildman–Crippen LogP) is 0.738. The Morgan fingerprint density at radius 2 is 2.31 bits per heavy atom. The van der Waals surface area contributed by atoms with Crippen molar-refractivity contribution in [1.82, 2.24) is 9.47 Å². The van der Waals surface area contributed by atoms with E-state index >= 15 is 0 Å². The molecule has 5 heteroatoms. The SMILES string of the molecule is C=CCN(CC(=O)O)C(=O)c1cccn1C. The van der Waals surface area contributed by atoms with Crippen LogP contribution < -0.4 is 0 Å². The number of carboxylic acids is 1. The van der Waals surface area contributed by atoms with Gasteiger partial charge in [0.1, 0.15) is 12.2 Å². The van der Waals surface area contributed by atoms with Crippen LogP contribution in [0.2, 0.25) is 0 Å². The van der Waals surface area contributed by atoms with Gasteiger partial charge in [0.25, 0.3) is 5.91 Å². The van der Waals surface area contributed by atoms with Crippen LogP contribution in [0.5, 0.6) is 0 Å². The van der Waals surface area contributed by atoms with Gasteiger partial charge in [-0.1, -0.05) is 6.08 Å². The van der Waals surface area contributed by atoms with E-state index in [0.29, 0.717) is 5.69 Å². The molecule has 0 spiro atoms. The highest BCUT2D eigenvalue weighted by Crippen LogP contribution is 2.05. The molecule has 1 N–H and O–H groups in total. The van der Waals surface area contributed by atoms with Crippen molar-refractivity contribution < 1.29 is 14.7 Å². The maximum atomic E-state index is 11.9. The van der Waals surface area contributed by atoms with Gasteiger partial charge in [0.05, 0.1) is 0 Å². The Labute approximate surface area is 93.6 Å². The molecule has 0 atom stereocenters. The third-order valence-electron chi connectivity index (χ3n) is 2.13. The lowest BCUT2D eigenvalue weighted by Crippen LogP contribution is -2.36. The standard InChI is InChI=1S/C11H14N2O3/c1-3-6-13(8-10(14)15)11(16)9-5-4-7-12(9)2/h3-5,7H,1,6,8H2,2H3,(H,14,15). The van der Waals surface area contributed by atoms with Crippen molar-refractivity contribution in [1.29, 1.82) is 0 Å². The molecule has 1 aromatic heterocycles. The Hall–Kier alpha value is -2.04. The van der Waals surface area contributed by atoms with E-state index in [1.165, 1.54) is 11.0 Å². The normalized spacial score (nSPS) is 9.81. The minimum Gasteiger partial charge on any atom is -0.480 e. The van der Waals surface area contributed by atoms with Crippen molar-refractivity contribution in [2.24, 2.45) is 7.05 Å². The van der Waals surface area contributed by atoms with E-state index in [0.717, 1.165) is 0 Å². The summed E-state index contributed by atoms with van der Waals surface area (Å²) in [5, 5.41) is 8.69. The minimum absolute atomic E-state index is 0.219. The molecule has 1 amide bonds. The Morgan fingerprint density at radius 3 is 2.75 bits per heavy atom. The molecule has 0 fully saturated rings. The van der Waals surface area contributed by atoms with Crippen molar-refractivity contribution in [2.75, 3.05) is 13.1 Å². The maximum absolute atomic E-state index is 11.9. The van der Waals surface area contributed by atoms with Crippen molar-refractivity contribution in [2.45, 2.75) is 0 Å². The van der Waals surface area contributed by atoms with Crippen LogP contribution >= 0.6 is 0 Å². The second-order valence-electron chi connectivity index (χ2n) is 3.37. The van der Waals surface area contributed by atoms with Gasteiger partial charge in [0, 0.05) is 19.8 Å². The lowest BCUT2D eigenvalue weighted by Gasteiger charge is -2.18. The lowest BCUT2D eigenvalue weighted by molar-refractivity contribution is -0.137. The topological polar surface area (TPSA) is 62.5 Å². The van der Waals surface area contributed by atoms with Gasteiger partial charge in [-0.2, -0.15) is 0 Å². The van der Waals surface area contributed by atoms with Gasteiger partial charge >= 0.3 is 5.97 Å². The molecule has 0 saturated heterocycles. The minimum atomic E-state index is -1.04. The summed E-state index contributed by atoms with van der Waals surface area (Å²) < 4.78 is 1.65. The second-order valence-corrected chi connectivity index (χ2v) is 3.37. The van der Waals surface area contributed by atoms with Crippen LogP contribution in [-0.2, 0) is 11.8 Å². The quantitative estimate of drug-likeness (QED) is 0.747. The molecule has 1 aromatic rings. The molecular formula is C11H14N2O3. The fourth-order valence-corrected chi connectivity index (χ4v) is 1.38. The molecule has 86 valence electrons. The van der Waals surface area contributed by atoms with Crippen LogP contribution in [0.25, 0.3) is 0 Å². The smallest absolute Gasteiger partial charge is 0.323 e. The molecule has 0 aliphatic carbocycles. The number of carbonyl (C=O) groups excluding carboxylic acids is 1. The zero-order valence-electron chi connectivity index (χ0n) is 9.09. The zero-order valence-corrected chi connectivity index (χ0v) is 9.09. The number of nitrogens with zero attached hydrogens (tertiary/aromatic N) is 2. The first-order valence-electron chi connectivity index (χ1n) is 4.79. The average Bonchev–Trinajstić information content (AvgIpc) is 2.62. The Bertz CT molecular complexity index is 409. The summed E-state index contributed by atoms with van der Waals surface area (Å²) in [6, 6.07) is 3.39. The number of aromatic nitrogens is 1. The van der Waals surface area contributed by atoms with Crippen LogP contribution in [0.15, 0.2) is 31.0 Å². The molecule has 1 heterocycles. The van der Waals surface area contributed by atoms with Crippen molar-refractivity contribution >= 4 is 11.9 Å². The van der Waals surface area contributed by atoms with Gasteiger partial charge in [-0.25, -0.2) is 0 Å². The highest BCUT2D eigenvalue weighted by molar-refractivity contribution is 5.94. The fourth-order valence-electron chi connectivity index (χ4n) is 1.38. The number of hydrogen-bond donors (Lipinski definition) is 1. The molecule has 0 aliphatic rings. The highest BCUT2D eigenvalue weighted by atomic mass is 16.4. The molecule has 0 aromatic carbocycles. The van der Waals surface area contributed by atoms with Crippen molar-refractivity contribution in [3.05, 3.63) is 36.7 Å². The number of amides is 1. The van der Waals surface area contributed by atoms with Gasteiger partial charge in [0.2, 0.25) is 0 Å². The summed E-state index contributed by atoms with van der Waals surface area (Å²) in [5.74, 6) is -1.35. The molecule has 5 nitrogen and oxygen atoms in total. The second kappa shape index (κ2) is 5.16. The number of hydrogen-bond acceptors (Lipinski definition) is 2. The number of aryl methyl sites for hydroxylation is 1. The van der Waals surface area contributed by atoms with E-state index in [4.69, 9.17) is 5.11 Å². The van der Waals surface area contributed by atoms with Crippen LogP contribution in [0.3, 0.4) is 0 Å². The summed E-state index contributed by atoms with van der Waals surface area (Å²) in [7, 11) is 1.74. The Morgan fingerprint density at radius 1 is 1.62 bits per heavy atom. The molecule has 0 unspecified atom stereocenters. The summed E-state index contributed by atoms with van der Waals surface area (Å²) in [4.78, 5) is 23.8. The molecule has 1 rings (SSSR count). The first kappa shape index (κ1) is 12.0. The maximum Gasteiger partial charge on any atom is 0.323 e. The third-order valence-corrected chi connectivity index (χ3v) is 2.13. The first-order valence-corrected chi connectivity index (χ1v) is 4.79. The summed E-state index contributed by atoms with van der Waals surface area (Å²) in [6.07, 6.45) is 3.24. The lowest BCUT2D eigenvalue weighted by atomic mass is 10.3. The molecule has 16 heavy (non-hydrogen) atoms. The Kier molecular flexibility index (Phi) is 3.88. The van der Waals surface area contributed by atoms with Gasteiger partial charge in [-0.15, -0.1) is 6.58 Å². The Balaban J connectivity index is 2.86. The van der Waals surface area contributed by atoms with Crippen molar-refractivity contribution in [3.63, 3.8) is 0 Å². The van der Waals surface area contributed by atoms with Gasteiger partial charge < -0.3 is 14.6 Å². The largest absolute Gasteiger partial charge is 0.480 e. The van der Waals surface area contributed by atoms with E-state index in [1.807, 2.05) is 0 Å². The molecule has 0 saturated carbocycles. The first-order chi connectivity index (χ1) is 7.56. The predicted molar refractivity (Wildman–Crippen MR) is 59.1 cm³/mol. The van der Waals surface area contributed by atoms with Crippen molar-refractivity contribution in [3.8, 4) is 0 Å². The molecule has 0 aliphatic heterocycles. The molecule has 0 radical (unpaired) electrons.